The van der Waals surface area contributed by atoms with Crippen molar-refractivity contribution in [3.8, 4) is 0 Å². The van der Waals surface area contributed by atoms with Gasteiger partial charge in [0.2, 0.25) is 0 Å². The smallest absolute Gasteiger partial charge is 0.330 e. The number of carbonyl (C=O) groups excluding carboxylic acids is 1. The first kappa shape index (κ1) is 22.4. The van der Waals surface area contributed by atoms with Crippen LogP contribution < -0.4 is 21.9 Å². The number of nitrogen functional groups attached to an aromatic ring is 1. The second-order valence-electron chi connectivity index (χ2n) is 7.26. The number of anilines is 2. The second kappa shape index (κ2) is 9.22. The normalized spacial score (nSPS) is 11.0. The molecule has 9 nitrogen and oxygen atoms in total. The lowest BCUT2D eigenvalue weighted by Crippen LogP contribution is -2.39. The van der Waals surface area contributed by atoms with Gasteiger partial charge in [0.1, 0.15) is 11.0 Å². The van der Waals surface area contributed by atoms with Crippen LogP contribution in [0.4, 0.5) is 11.5 Å². The SMILES string of the molecule is CCCCn1c(N)c(N(C)C(=O)c2c(C)nn(Cc3ccccc3)c2Cl)c(=O)[nH]c1=O. The van der Waals surface area contributed by atoms with E-state index < -0.39 is 17.2 Å². The predicted octanol–water partition coefficient (Wildman–Crippen LogP) is 2.40. The van der Waals surface area contributed by atoms with Gasteiger partial charge in [-0.25, -0.2) is 9.48 Å². The number of amides is 1. The van der Waals surface area contributed by atoms with Crippen molar-refractivity contribution in [3.05, 3.63) is 73.1 Å². The molecule has 2 heterocycles. The fraction of sp³-hybridized carbons (Fsp3) is 0.333. The summed E-state index contributed by atoms with van der Waals surface area (Å²) in [6, 6.07) is 9.58. The van der Waals surface area contributed by atoms with Crippen molar-refractivity contribution in [1.29, 1.82) is 0 Å². The molecule has 0 saturated carbocycles. The molecule has 3 aromatic rings. The number of aromatic nitrogens is 4. The molecule has 1 aromatic carbocycles. The van der Waals surface area contributed by atoms with E-state index in [1.807, 2.05) is 37.3 Å². The molecule has 3 rings (SSSR count). The van der Waals surface area contributed by atoms with Crippen LogP contribution in [-0.2, 0) is 13.1 Å². The molecule has 0 aliphatic heterocycles. The van der Waals surface area contributed by atoms with Gasteiger partial charge in [-0.3, -0.25) is 19.1 Å². The van der Waals surface area contributed by atoms with Crippen LogP contribution in [0.2, 0.25) is 5.15 Å². The van der Waals surface area contributed by atoms with Crippen LogP contribution in [0.25, 0.3) is 0 Å². The van der Waals surface area contributed by atoms with Crippen molar-refractivity contribution < 1.29 is 4.79 Å². The number of carbonyl (C=O) groups is 1. The van der Waals surface area contributed by atoms with Crippen LogP contribution in [0.3, 0.4) is 0 Å². The minimum Gasteiger partial charge on any atom is -0.383 e. The molecule has 0 unspecified atom stereocenters. The molecule has 3 N–H and O–H groups in total. The van der Waals surface area contributed by atoms with E-state index in [1.54, 1.807) is 6.92 Å². The highest BCUT2D eigenvalue weighted by molar-refractivity contribution is 6.33. The number of nitrogens with zero attached hydrogens (tertiary/aromatic N) is 4. The molecule has 164 valence electrons. The fourth-order valence-corrected chi connectivity index (χ4v) is 3.68. The molecule has 0 atom stereocenters. The number of aryl methyl sites for hydroxylation is 1. The Kier molecular flexibility index (Phi) is 6.65. The van der Waals surface area contributed by atoms with Crippen LogP contribution in [0, 0.1) is 6.92 Å². The molecule has 0 aliphatic carbocycles. The third-order valence-electron chi connectivity index (χ3n) is 5.04. The number of hydrogen-bond acceptors (Lipinski definition) is 5. The Morgan fingerprint density at radius 3 is 2.58 bits per heavy atom. The Morgan fingerprint density at radius 2 is 1.94 bits per heavy atom. The van der Waals surface area contributed by atoms with Gasteiger partial charge in [0.15, 0.2) is 5.69 Å². The Balaban J connectivity index is 1.99. The van der Waals surface area contributed by atoms with Gasteiger partial charge in [0, 0.05) is 13.6 Å². The largest absolute Gasteiger partial charge is 0.383 e. The summed E-state index contributed by atoms with van der Waals surface area (Å²) in [6.45, 7) is 4.37. The molecule has 0 aliphatic rings. The Labute approximate surface area is 184 Å². The zero-order valence-corrected chi connectivity index (χ0v) is 18.4. The maximum atomic E-state index is 13.3. The van der Waals surface area contributed by atoms with E-state index in [2.05, 4.69) is 10.1 Å². The van der Waals surface area contributed by atoms with Crippen molar-refractivity contribution in [3.63, 3.8) is 0 Å². The van der Waals surface area contributed by atoms with Crippen LogP contribution in [0.5, 0.6) is 0 Å². The summed E-state index contributed by atoms with van der Waals surface area (Å²) in [5.74, 6) is -0.608. The number of halogens is 1. The van der Waals surface area contributed by atoms with Crippen LogP contribution >= 0.6 is 11.6 Å². The molecule has 0 radical (unpaired) electrons. The number of unbranched alkanes of at least 4 members (excludes halogenated alkanes) is 1. The van der Waals surface area contributed by atoms with Crippen molar-refractivity contribution in [1.82, 2.24) is 19.3 Å². The highest BCUT2D eigenvalue weighted by Gasteiger charge is 2.27. The third kappa shape index (κ3) is 4.41. The van der Waals surface area contributed by atoms with E-state index in [-0.39, 0.29) is 22.2 Å². The quantitative estimate of drug-likeness (QED) is 0.580. The molecular formula is C21H25ClN6O3. The van der Waals surface area contributed by atoms with Crippen LogP contribution in [-0.4, -0.2) is 32.3 Å². The van der Waals surface area contributed by atoms with Crippen molar-refractivity contribution >= 4 is 29.0 Å². The summed E-state index contributed by atoms with van der Waals surface area (Å²) >= 11 is 6.49. The monoisotopic (exact) mass is 444 g/mol. The van der Waals surface area contributed by atoms with Crippen molar-refractivity contribution in [2.75, 3.05) is 17.7 Å². The Bertz CT molecular complexity index is 1210. The van der Waals surface area contributed by atoms with Gasteiger partial charge >= 0.3 is 5.69 Å². The van der Waals surface area contributed by atoms with Gasteiger partial charge in [-0.15, -0.1) is 0 Å². The number of nitrogens with one attached hydrogen (secondary N) is 1. The molecule has 2 aromatic heterocycles. The van der Waals surface area contributed by atoms with Gasteiger partial charge in [0.25, 0.3) is 11.5 Å². The molecule has 0 saturated heterocycles. The number of benzene rings is 1. The standard InChI is InChI=1S/C21H25ClN6O3/c1-4-5-11-27-18(23)16(19(29)24-21(27)31)26(3)20(30)15-13(2)25-28(17(15)22)12-14-9-7-6-8-10-14/h6-10H,4-5,11-12,23H2,1-3H3,(H,24,29,31). The maximum absolute atomic E-state index is 13.3. The zero-order valence-electron chi connectivity index (χ0n) is 17.7. The second-order valence-corrected chi connectivity index (χ2v) is 7.61. The number of hydrogen-bond donors (Lipinski definition) is 2. The lowest BCUT2D eigenvalue weighted by molar-refractivity contribution is 0.0992. The highest BCUT2D eigenvalue weighted by Crippen LogP contribution is 2.25. The van der Waals surface area contributed by atoms with E-state index in [9.17, 15) is 14.4 Å². The first-order valence-corrected chi connectivity index (χ1v) is 10.3. The van der Waals surface area contributed by atoms with Gasteiger partial charge in [-0.2, -0.15) is 5.10 Å². The van der Waals surface area contributed by atoms with E-state index in [0.717, 1.165) is 16.9 Å². The number of H-pyrrole nitrogens is 1. The molecule has 10 heteroatoms. The highest BCUT2D eigenvalue weighted by atomic mass is 35.5. The number of nitrogens with two attached hydrogens (primary N) is 1. The van der Waals surface area contributed by atoms with Crippen molar-refractivity contribution in [2.45, 2.75) is 39.8 Å². The summed E-state index contributed by atoms with van der Waals surface area (Å²) in [7, 11) is 1.42. The minimum atomic E-state index is -0.739. The van der Waals surface area contributed by atoms with Gasteiger partial charge in [-0.1, -0.05) is 55.3 Å². The summed E-state index contributed by atoms with van der Waals surface area (Å²) < 4.78 is 2.79. The molecule has 1 amide bonds. The van der Waals surface area contributed by atoms with E-state index in [0.29, 0.717) is 25.2 Å². The van der Waals surface area contributed by atoms with Gasteiger partial charge in [0.05, 0.1) is 17.8 Å². The first-order chi connectivity index (χ1) is 14.8. The summed E-state index contributed by atoms with van der Waals surface area (Å²) in [6.07, 6.45) is 1.54. The number of aromatic amines is 1. The average Bonchev–Trinajstić information content (AvgIpc) is 3.00. The molecule has 31 heavy (non-hydrogen) atoms. The van der Waals surface area contributed by atoms with E-state index in [4.69, 9.17) is 17.3 Å². The van der Waals surface area contributed by atoms with Crippen LogP contribution in [0.1, 0.15) is 41.4 Å². The zero-order chi connectivity index (χ0) is 22.7. The predicted molar refractivity (Wildman–Crippen MR) is 121 cm³/mol. The fourth-order valence-electron chi connectivity index (χ4n) is 3.37. The summed E-state index contributed by atoms with van der Waals surface area (Å²) in [4.78, 5) is 41.2. The number of rotatable bonds is 7. The summed E-state index contributed by atoms with van der Waals surface area (Å²) in [5.41, 5.74) is 6.24. The van der Waals surface area contributed by atoms with Gasteiger partial charge < -0.3 is 10.6 Å². The third-order valence-corrected chi connectivity index (χ3v) is 5.43. The first-order valence-electron chi connectivity index (χ1n) is 9.93. The Morgan fingerprint density at radius 1 is 1.26 bits per heavy atom. The van der Waals surface area contributed by atoms with E-state index >= 15 is 0 Å². The van der Waals surface area contributed by atoms with Crippen LogP contribution in [0.15, 0.2) is 39.9 Å². The molecule has 0 bridgehead atoms. The van der Waals surface area contributed by atoms with Crippen molar-refractivity contribution in [2.24, 2.45) is 0 Å². The Hall–Kier alpha value is -3.33. The maximum Gasteiger partial charge on any atom is 0.330 e. The lowest BCUT2D eigenvalue weighted by Gasteiger charge is -2.20. The summed E-state index contributed by atoms with van der Waals surface area (Å²) in [5, 5.41) is 4.54. The van der Waals surface area contributed by atoms with Gasteiger partial charge in [-0.05, 0) is 18.9 Å². The molecule has 0 fully saturated rings. The molecular weight excluding hydrogens is 420 g/mol. The molecule has 0 spiro atoms. The minimum absolute atomic E-state index is 0.0662. The van der Waals surface area contributed by atoms with E-state index in [1.165, 1.54) is 16.3 Å². The average molecular weight is 445 g/mol. The lowest BCUT2D eigenvalue weighted by atomic mass is 10.2. The topological polar surface area (TPSA) is 119 Å².